The summed E-state index contributed by atoms with van der Waals surface area (Å²) in [6.45, 7) is 3.01. The molecule has 0 unspecified atom stereocenters. The molecule has 19 heavy (non-hydrogen) atoms. The van der Waals surface area contributed by atoms with E-state index in [1.165, 1.54) is 31.4 Å². The molecule has 1 aliphatic heterocycles. The zero-order valence-electron chi connectivity index (χ0n) is 10.7. The molecule has 2 rings (SSSR count). The summed E-state index contributed by atoms with van der Waals surface area (Å²) < 4.78 is 42.7. The van der Waals surface area contributed by atoms with Gasteiger partial charge >= 0.3 is 6.18 Å². The van der Waals surface area contributed by atoms with Gasteiger partial charge < -0.3 is 4.74 Å². The molecule has 1 aliphatic rings. The molecule has 5 heteroatoms. The molecule has 1 heterocycles. The highest BCUT2D eigenvalue weighted by atomic mass is 19.4. The minimum atomic E-state index is -4.27. The first-order chi connectivity index (χ1) is 9.05. The number of hydrogen-bond acceptors (Lipinski definition) is 2. The number of likely N-dealkylation sites (tertiary alicyclic amines) is 1. The van der Waals surface area contributed by atoms with Gasteiger partial charge in [-0.3, -0.25) is 4.90 Å². The molecule has 0 amide bonds. The molecule has 1 aromatic rings. The second kappa shape index (κ2) is 6.39. The maximum absolute atomic E-state index is 12.4. The number of piperidine rings is 1. The van der Waals surface area contributed by atoms with Crippen LogP contribution in [0.1, 0.15) is 30.4 Å². The smallest absolute Gasteiger partial charge is 0.361 e. The van der Waals surface area contributed by atoms with Crippen LogP contribution in [0.5, 0.6) is 0 Å². The van der Waals surface area contributed by atoms with Gasteiger partial charge in [0.1, 0.15) is 0 Å². The van der Waals surface area contributed by atoms with E-state index in [0.717, 1.165) is 30.8 Å². The Bertz CT molecular complexity index is 383. The zero-order chi connectivity index (χ0) is 13.7. The number of nitrogens with zero attached hydrogens (tertiary/aromatic N) is 1. The number of benzene rings is 1. The third kappa shape index (κ3) is 4.51. The van der Waals surface area contributed by atoms with Crippen molar-refractivity contribution in [2.45, 2.75) is 32.0 Å². The molecule has 0 saturated carbocycles. The lowest BCUT2D eigenvalue weighted by molar-refractivity contribution is -0.137. The van der Waals surface area contributed by atoms with E-state index in [1.54, 1.807) is 0 Å². The molecule has 0 atom stereocenters. The standard InChI is InChI=1S/C14H18F3NO/c15-14(16,17)13-6-4-12(5-7-13)10-19-11-18-8-2-1-3-9-18/h4-7H,1-3,8-11H2. The molecule has 1 saturated heterocycles. The maximum Gasteiger partial charge on any atom is 0.416 e. The van der Waals surface area contributed by atoms with Crippen LogP contribution in [0.2, 0.25) is 0 Å². The van der Waals surface area contributed by atoms with Gasteiger partial charge in [0.2, 0.25) is 0 Å². The van der Waals surface area contributed by atoms with Gasteiger partial charge in [-0.25, -0.2) is 0 Å². The highest BCUT2D eigenvalue weighted by Crippen LogP contribution is 2.29. The van der Waals surface area contributed by atoms with Gasteiger partial charge in [0, 0.05) is 13.1 Å². The lowest BCUT2D eigenvalue weighted by Gasteiger charge is -2.25. The molecule has 0 spiro atoms. The summed E-state index contributed by atoms with van der Waals surface area (Å²) in [5, 5.41) is 0. The van der Waals surface area contributed by atoms with Crippen molar-refractivity contribution in [2.24, 2.45) is 0 Å². The number of rotatable bonds is 4. The van der Waals surface area contributed by atoms with Crippen molar-refractivity contribution in [1.29, 1.82) is 0 Å². The number of hydrogen-bond donors (Lipinski definition) is 0. The summed E-state index contributed by atoms with van der Waals surface area (Å²) in [5.74, 6) is 0. The average Bonchev–Trinajstić information content (AvgIpc) is 2.39. The van der Waals surface area contributed by atoms with Crippen molar-refractivity contribution in [1.82, 2.24) is 4.90 Å². The van der Waals surface area contributed by atoms with Gasteiger partial charge in [0.25, 0.3) is 0 Å². The zero-order valence-corrected chi connectivity index (χ0v) is 10.7. The van der Waals surface area contributed by atoms with Crippen LogP contribution in [0.15, 0.2) is 24.3 Å². The third-order valence-corrected chi connectivity index (χ3v) is 3.27. The van der Waals surface area contributed by atoms with E-state index in [2.05, 4.69) is 4.90 Å². The fourth-order valence-electron chi connectivity index (χ4n) is 2.17. The summed E-state index contributed by atoms with van der Waals surface area (Å²) in [7, 11) is 0. The first kappa shape index (κ1) is 14.3. The van der Waals surface area contributed by atoms with Crippen molar-refractivity contribution < 1.29 is 17.9 Å². The van der Waals surface area contributed by atoms with Crippen LogP contribution in [0.3, 0.4) is 0 Å². The molecular formula is C14H18F3NO. The van der Waals surface area contributed by atoms with Crippen LogP contribution in [0, 0.1) is 0 Å². The van der Waals surface area contributed by atoms with Gasteiger partial charge in [0.05, 0.1) is 18.9 Å². The van der Waals surface area contributed by atoms with Gasteiger partial charge in [-0.2, -0.15) is 13.2 Å². The predicted octanol–water partition coefficient (Wildman–Crippen LogP) is 3.67. The van der Waals surface area contributed by atoms with Crippen LogP contribution < -0.4 is 0 Å². The van der Waals surface area contributed by atoms with Crippen molar-refractivity contribution >= 4 is 0 Å². The molecule has 0 aromatic heterocycles. The lowest BCUT2D eigenvalue weighted by atomic mass is 10.1. The third-order valence-electron chi connectivity index (χ3n) is 3.27. The van der Waals surface area contributed by atoms with E-state index in [9.17, 15) is 13.2 Å². The molecule has 0 radical (unpaired) electrons. The fourth-order valence-corrected chi connectivity index (χ4v) is 2.17. The summed E-state index contributed by atoms with van der Waals surface area (Å²) in [6, 6.07) is 5.14. The number of halogens is 3. The summed E-state index contributed by atoms with van der Waals surface area (Å²) in [4.78, 5) is 2.23. The van der Waals surface area contributed by atoms with E-state index in [1.807, 2.05) is 0 Å². The Labute approximate surface area is 111 Å². The largest absolute Gasteiger partial charge is 0.416 e. The van der Waals surface area contributed by atoms with E-state index in [4.69, 9.17) is 4.74 Å². The van der Waals surface area contributed by atoms with E-state index in [-0.39, 0.29) is 0 Å². The minimum Gasteiger partial charge on any atom is -0.361 e. The van der Waals surface area contributed by atoms with Crippen molar-refractivity contribution in [3.05, 3.63) is 35.4 Å². The monoisotopic (exact) mass is 273 g/mol. The Kier molecular flexibility index (Phi) is 4.82. The highest BCUT2D eigenvalue weighted by molar-refractivity contribution is 5.24. The van der Waals surface area contributed by atoms with E-state index < -0.39 is 11.7 Å². The van der Waals surface area contributed by atoms with Crippen molar-refractivity contribution in [3.63, 3.8) is 0 Å². The van der Waals surface area contributed by atoms with Gasteiger partial charge in [-0.1, -0.05) is 18.6 Å². The molecular weight excluding hydrogens is 255 g/mol. The van der Waals surface area contributed by atoms with Crippen LogP contribution in [-0.4, -0.2) is 24.7 Å². The van der Waals surface area contributed by atoms with Gasteiger partial charge in [-0.05, 0) is 30.5 Å². The van der Waals surface area contributed by atoms with Crippen LogP contribution in [-0.2, 0) is 17.5 Å². The Balaban J connectivity index is 1.76. The average molecular weight is 273 g/mol. The first-order valence-corrected chi connectivity index (χ1v) is 6.52. The molecule has 106 valence electrons. The molecule has 1 fully saturated rings. The number of ether oxygens (including phenoxy) is 1. The Morgan fingerprint density at radius 2 is 1.63 bits per heavy atom. The lowest BCUT2D eigenvalue weighted by Crippen LogP contribution is -2.31. The number of alkyl halides is 3. The predicted molar refractivity (Wildman–Crippen MR) is 66.5 cm³/mol. The molecule has 0 N–H and O–H groups in total. The normalized spacial score (nSPS) is 17.6. The second-order valence-corrected chi connectivity index (χ2v) is 4.85. The Morgan fingerprint density at radius 3 is 2.21 bits per heavy atom. The summed E-state index contributed by atoms with van der Waals surface area (Å²) in [5.41, 5.74) is 0.150. The fraction of sp³-hybridized carbons (Fsp3) is 0.571. The first-order valence-electron chi connectivity index (χ1n) is 6.52. The summed E-state index contributed by atoms with van der Waals surface area (Å²) >= 11 is 0. The second-order valence-electron chi connectivity index (χ2n) is 4.85. The minimum absolute atomic E-state index is 0.356. The van der Waals surface area contributed by atoms with Gasteiger partial charge in [-0.15, -0.1) is 0 Å². The van der Waals surface area contributed by atoms with Gasteiger partial charge in [0.15, 0.2) is 0 Å². The molecule has 2 nitrogen and oxygen atoms in total. The summed E-state index contributed by atoms with van der Waals surface area (Å²) in [6.07, 6.45) is -0.601. The van der Waals surface area contributed by atoms with Crippen LogP contribution >= 0.6 is 0 Å². The topological polar surface area (TPSA) is 12.5 Å². The Hall–Kier alpha value is -1.07. The van der Waals surface area contributed by atoms with Crippen molar-refractivity contribution in [2.75, 3.05) is 19.8 Å². The molecule has 0 bridgehead atoms. The van der Waals surface area contributed by atoms with Crippen molar-refractivity contribution in [3.8, 4) is 0 Å². The van der Waals surface area contributed by atoms with E-state index in [0.29, 0.717) is 13.3 Å². The van der Waals surface area contributed by atoms with Crippen LogP contribution in [0.25, 0.3) is 0 Å². The SMILES string of the molecule is FC(F)(F)c1ccc(COCN2CCCCC2)cc1. The quantitative estimate of drug-likeness (QED) is 0.830. The highest BCUT2D eigenvalue weighted by Gasteiger charge is 2.29. The molecule has 0 aliphatic carbocycles. The Morgan fingerprint density at radius 1 is 1.00 bits per heavy atom. The molecule has 1 aromatic carbocycles. The maximum atomic E-state index is 12.4. The van der Waals surface area contributed by atoms with E-state index >= 15 is 0 Å². The van der Waals surface area contributed by atoms with Crippen LogP contribution in [0.4, 0.5) is 13.2 Å².